The molecule has 1 saturated carbocycles. The van der Waals surface area contributed by atoms with Gasteiger partial charge in [-0.15, -0.1) is 0 Å². The highest BCUT2D eigenvalue weighted by Crippen LogP contribution is 2.31. The Bertz CT molecular complexity index is 560. The van der Waals surface area contributed by atoms with Crippen LogP contribution >= 0.6 is 0 Å². The van der Waals surface area contributed by atoms with Gasteiger partial charge in [0.15, 0.2) is 5.82 Å². The molecule has 0 bridgehead atoms. The number of carbonyl (C=O) groups excluding carboxylic acids is 1. The van der Waals surface area contributed by atoms with Gasteiger partial charge >= 0.3 is 0 Å². The summed E-state index contributed by atoms with van der Waals surface area (Å²) in [6.45, 7) is 2.52. The van der Waals surface area contributed by atoms with Gasteiger partial charge in [-0.2, -0.15) is 0 Å². The smallest absolute Gasteiger partial charge is 0.254 e. The minimum absolute atomic E-state index is 0.329. The van der Waals surface area contributed by atoms with E-state index in [2.05, 4.69) is 10.2 Å². The number of amides is 1. The Morgan fingerprint density at radius 3 is 2.81 bits per heavy atom. The van der Waals surface area contributed by atoms with E-state index in [4.69, 9.17) is 5.73 Å². The summed E-state index contributed by atoms with van der Waals surface area (Å²) in [5, 5.41) is 2.69. The quantitative estimate of drug-likeness (QED) is 0.832. The summed E-state index contributed by atoms with van der Waals surface area (Å²) < 4.78 is 27.0. The molecule has 4 nitrogen and oxygen atoms in total. The Morgan fingerprint density at radius 1 is 1.33 bits per heavy atom. The van der Waals surface area contributed by atoms with E-state index in [-0.39, 0.29) is 11.3 Å². The maximum atomic E-state index is 13.7. The molecule has 1 aliphatic carbocycles. The molecular weight excluding hydrogens is 276 g/mol. The standard InChI is InChI=1S/C15H19F2N3O/c16-10-5-12(14(17)13(18)6-10)15(21)19-7-9-3-4-20(8-9)11-1-2-11/h5-6,9,11H,1-4,7-8,18H2,(H,19,21). The zero-order valence-corrected chi connectivity index (χ0v) is 11.7. The van der Waals surface area contributed by atoms with Crippen molar-refractivity contribution in [2.24, 2.45) is 5.92 Å². The summed E-state index contributed by atoms with van der Waals surface area (Å²) in [5.74, 6) is -1.80. The zero-order valence-electron chi connectivity index (χ0n) is 11.7. The molecule has 3 rings (SSSR count). The van der Waals surface area contributed by atoms with Crippen LogP contribution in [-0.2, 0) is 0 Å². The number of nitrogen functional groups attached to an aromatic ring is 1. The molecule has 2 fully saturated rings. The highest BCUT2D eigenvalue weighted by molar-refractivity contribution is 5.95. The zero-order chi connectivity index (χ0) is 15.0. The van der Waals surface area contributed by atoms with Gasteiger partial charge in [-0.1, -0.05) is 0 Å². The van der Waals surface area contributed by atoms with Gasteiger partial charge in [-0.05, 0) is 43.9 Å². The number of halogens is 2. The molecule has 21 heavy (non-hydrogen) atoms. The van der Waals surface area contributed by atoms with Crippen LogP contribution in [0.2, 0.25) is 0 Å². The van der Waals surface area contributed by atoms with E-state index in [9.17, 15) is 13.6 Å². The number of hydrogen-bond acceptors (Lipinski definition) is 3. The minimum Gasteiger partial charge on any atom is -0.396 e. The minimum atomic E-state index is -0.861. The van der Waals surface area contributed by atoms with Gasteiger partial charge in [-0.3, -0.25) is 4.79 Å². The monoisotopic (exact) mass is 295 g/mol. The maximum absolute atomic E-state index is 13.7. The fourth-order valence-electron chi connectivity index (χ4n) is 2.91. The molecule has 3 N–H and O–H groups in total. The van der Waals surface area contributed by atoms with E-state index in [1.165, 1.54) is 12.8 Å². The van der Waals surface area contributed by atoms with E-state index in [1.54, 1.807) is 0 Å². The largest absolute Gasteiger partial charge is 0.396 e. The van der Waals surface area contributed by atoms with Gasteiger partial charge in [0.2, 0.25) is 0 Å². The Morgan fingerprint density at radius 2 is 2.10 bits per heavy atom. The van der Waals surface area contributed by atoms with Crippen LogP contribution < -0.4 is 11.1 Å². The lowest BCUT2D eigenvalue weighted by molar-refractivity contribution is 0.0943. The van der Waals surface area contributed by atoms with Crippen molar-refractivity contribution in [1.82, 2.24) is 10.2 Å². The fourth-order valence-corrected chi connectivity index (χ4v) is 2.91. The first-order valence-corrected chi connectivity index (χ1v) is 7.31. The van der Waals surface area contributed by atoms with Crippen LogP contribution in [0, 0.1) is 17.6 Å². The molecule has 2 aliphatic rings. The fraction of sp³-hybridized carbons (Fsp3) is 0.533. The molecule has 0 aromatic heterocycles. The molecule has 1 unspecified atom stereocenters. The third-order valence-electron chi connectivity index (χ3n) is 4.24. The first-order valence-electron chi connectivity index (χ1n) is 7.31. The van der Waals surface area contributed by atoms with E-state index < -0.39 is 17.5 Å². The average Bonchev–Trinajstić information content (AvgIpc) is 3.19. The van der Waals surface area contributed by atoms with E-state index in [1.807, 2.05) is 0 Å². The maximum Gasteiger partial charge on any atom is 0.254 e. The summed E-state index contributed by atoms with van der Waals surface area (Å²) in [7, 11) is 0. The molecule has 1 atom stereocenters. The van der Waals surface area contributed by atoms with Crippen molar-refractivity contribution in [3.05, 3.63) is 29.3 Å². The molecule has 1 heterocycles. The molecular formula is C15H19F2N3O. The summed E-state index contributed by atoms with van der Waals surface area (Å²) >= 11 is 0. The summed E-state index contributed by atoms with van der Waals surface area (Å²) in [6.07, 6.45) is 3.57. The predicted octanol–water partition coefficient (Wildman–Crippen LogP) is 1.76. The Hall–Kier alpha value is -1.69. The van der Waals surface area contributed by atoms with Gasteiger partial charge in [-0.25, -0.2) is 8.78 Å². The van der Waals surface area contributed by atoms with Crippen LogP contribution in [0.4, 0.5) is 14.5 Å². The molecule has 114 valence electrons. The summed E-state index contributed by atoms with van der Waals surface area (Å²) in [4.78, 5) is 14.4. The molecule has 1 aliphatic heterocycles. The van der Waals surface area contributed by atoms with Crippen molar-refractivity contribution >= 4 is 11.6 Å². The van der Waals surface area contributed by atoms with Gasteiger partial charge < -0.3 is 16.0 Å². The Kier molecular flexibility index (Phi) is 3.80. The van der Waals surface area contributed by atoms with Gasteiger partial charge in [0.05, 0.1) is 11.3 Å². The number of nitrogens with two attached hydrogens (primary N) is 1. The van der Waals surface area contributed by atoms with E-state index in [0.29, 0.717) is 12.5 Å². The Balaban J connectivity index is 1.57. The molecule has 1 amide bonds. The number of rotatable bonds is 4. The number of carbonyl (C=O) groups is 1. The number of nitrogens with zero attached hydrogens (tertiary/aromatic N) is 1. The number of likely N-dealkylation sites (tertiary alicyclic amines) is 1. The lowest BCUT2D eigenvalue weighted by atomic mass is 10.1. The van der Waals surface area contributed by atoms with Crippen molar-refractivity contribution in [2.75, 3.05) is 25.4 Å². The Labute approximate surface area is 122 Å². The van der Waals surface area contributed by atoms with Crippen LogP contribution in [0.1, 0.15) is 29.6 Å². The number of hydrogen-bond donors (Lipinski definition) is 2. The molecule has 1 aromatic rings. The number of nitrogens with one attached hydrogen (secondary N) is 1. The number of benzene rings is 1. The second-order valence-electron chi connectivity index (χ2n) is 5.95. The second-order valence-corrected chi connectivity index (χ2v) is 5.95. The molecule has 0 radical (unpaired) electrons. The number of anilines is 1. The van der Waals surface area contributed by atoms with Gasteiger partial charge in [0.1, 0.15) is 5.82 Å². The van der Waals surface area contributed by atoms with Crippen molar-refractivity contribution < 1.29 is 13.6 Å². The average molecular weight is 295 g/mol. The van der Waals surface area contributed by atoms with Crippen molar-refractivity contribution in [1.29, 1.82) is 0 Å². The van der Waals surface area contributed by atoms with Gasteiger partial charge in [0, 0.05) is 19.1 Å². The van der Waals surface area contributed by atoms with Crippen molar-refractivity contribution in [3.63, 3.8) is 0 Å². The topological polar surface area (TPSA) is 58.4 Å². The highest BCUT2D eigenvalue weighted by Gasteiger charge is 2.34. The lowest BCUT2D eigenvalue weighted by Crippen LogP contribution is -2.32. The second kappa shape index (κ2) is 5.60. The summed E-state index contributed by atoms with van der Waals surface area (Å²) in [6, 6.07) is 2.48. The predicted molar refractivity (Wildman–Crippen MR) is 75.8 cm³/mol. The molecule has 0 spiro atoms. The van der Waals surface area contributed by atoms with Crippen molar-refractivity contribution in [3.8, 4) is 0 Å². The van der Waals surface area contributed by atoms with Crippen molar-refractivity contribution in [2.45, 2.75) is 25.3 Å². The normalized spacial score (nSPS) is 22.5. The van der Waals surface area contributed by atoms with E-state index >= 15 is 0 Å². The molecule has 6 heteroatoms. The lowest BCUT2D eigenvalue weighted by Gasteiger charge is -2.15. The third kappa shape index (κ3) is 3.15. The molecule has 1 saturated heterocycles. The van der Waals surface area contributed by atoms with Crippen LogP contribution in [-0.4, -0.2) is 36.5 Å². The summed E-state index contributed by atoms with van der Waals surface area (Å²) in [5.41, 5.74) is 4.66. The first kappa shape index (κ1) is 14.3. The van der Waals surface area contributed by atoms with Crippen LogP contribution in [0.15, 0.2) is 12.1 Å². The van der Waals surface area contributed by atoms with Gasteiger partial charge in [0.25, 0.3) is 5.91 Å². The SMILES string of the molecule is Nc1cc(F)cc(C(=O)NCC2CCN(C3CC3)C2)c1F. The van der Waals surface area contributed by atoms with Crippen LogP contribution in [0.3, 0.4) is 0 Å². The highest BCUT2D eigenvalue weighted by atomic mass is 19.1. The molecule has 1 aromatic carbocycles. The van der Waals surface area contributed by atoms with Crippen LogP contribution in [0.5, 0.6) is 0 Å². The van der Waals surface area contributed by atoms with Crippen LogP contribution in [0.25, 0.3) is 0 Å². The van der Waals surface area contributed by atoms with E-state index in [0.717, 1.165) is 37.7 Å². The third-order valence-corrected chi connectivity index (χ3v) is 4.24. The first-order chi connectivity index (χ1) is 10.0.